The molecule has 0 unspecified atom stereocenters. The maximum Gasteiger partial charge on any atom is 0.261 e. The fraction of sp³-hybridized carbons (Fsp3) is 0.538. The predicted molar refractivity (Wildman–Crippen MR) is 140 cm³/mol. The highest BCUT2D eigenvalue weighted by Crippen LogP contribution is 2.34. The highest BCUT2D eigenvalue weighted by molar-refractivity contribution is 7.88. The van der Waals surface area contributed by atoms with Crippen molar-refractivity contribution in [1.29, 1.82) is 0 Å². The molecule has 37 heavy (non-hydrogen) atoms. The van der Waals surface area contributed by atoms with Crippen molar-refractivity contribution in [2.24, 2.45) is 13.0 Å². The molecule has 0 N–H and O–H groups in total. The third-order valence-electron chi connectivity index (χ3n) is 7.42. The summed E-state index contributed by atoms with van der Waals surface area (Å²) in [6, 6.07) is 5.48. The maximum atomic E-state index is 13.0. The lowest BCUT2D eigenvalue weighted by Gasteiger charge is -2.36. The number of pyridine rings is 2. The lowest BCUT2D eigenvalue weighted by molar-refractivity contribution is 0.0490. The van der Waals surface area contributed by atoms with E-state index in [0.29, 0.717) is 61.3 Å². The third kappa shape index (κ3) is 5.59. The predicted octanol–water partition coefficient (Wildman–Crippen LogP) is 2.64. The summed E-state index contributed by atoms with van der Waals surface area (Å²) >= 11 is 0. The van der Waals surface area contributed by atoms with Crippen LogP contribution in [0.1, 0.15) is 31.6 Å². The average Bonchev–Trinajstić information content (AvgIpc) is 3.35. The second-order valence-corrected chi connectivity index (χ2v) is 12.0. The highest BCUT2D eigenvalue weighted by atomic mass is 32.2. The number of ether oxygens (including phenoxy) is 2. The molecule has 3 aromatic rings. The molecule has 2 saturated heterocycles. The second-order valence-electron chi connectivity index (χ2n) is 9.97. The normalized spacial score (nSPS) is 19.3. The van der Waals surface area contributed by atoms with Crippen molar-refractivity contribution in [3.8, 4) is 17.0 Å². The van der Waals surface area contributed by atoms with Gasteiger partial charge in [-0.1, -0.05) is 0 Å². The summed E-state index contributed by atoms with van der Waals surface area (Å²) in [7, 11) is -1.47. The molecule has 0 amide bonds. The summed E-state index contributed by atoms with van der Waals surface area (Å²) < 4.78 is 44.6. The van der Waals surface area contributed by atoms with Crippen LogP contribution in [0.25, 0.3) is 22.1 Å². The number of hydrogen-bond donors (Lipinski definition) is 0. The Morgan fingerprint density at radius 3 is 2.59 bits per heavy atom. The van der Waals surface area contributed by atoms with E-state index in [2.05, 4.69) is 9.88 Å². The summed E-state index contributed by atoms with van der Waals surface area (Å²) in [6.45, 7) is 6.20. The van der Waals surface area contributed by atoms with Crippen molar-refractivity contribution < 1.29 is 22.3 Å². The van der Waals surface area contributed by atoms with Gasteiger partial charge in [0.1, 0.15) is 11.3 Å². The standard InChI is InChI=1S/C26H34N4O6S/c1-18(29-8-10-30(11-9-29)37(3,32)33)23-15-21-25(36-23)22(16-28(2)26(21)31)20-4-7-27-24(14-20)35-17-19-5-12-34-13-6-19/h4,7,14-16,18-19H,5-6,8-13,17H2,1-3H3/t18-/m1/s1. The SMILES string of the molecule is C[C@H](c1cc2c(=O)n(C)cc(-c3ccnc(OCC4CCOCC4)c3)c2o1)N1CCN(S(C)(=O)=O)CC1. The molecule has 10 nitrogen and oxygen atoms in total. The second kappa shape index (κ2) is 10.6. The number of aryl methyl sites for hydroxylation is 1. The topological polar surface area (TPSA) is 107 Å². The van der Waals surface area contributed by atoms with Gasteiger partial charge in [-0.2, -0.15) is 4.31 Å². The maximum absolute atomic E-state index is 13.0. The number of sulfonamides is 1. The monoisotopic (exact) mass is 530 g/mol. The van der Waals surface area contributed by atoms with Crippen LogP contribution in [-0.4, -0.2) is 79.4 Å². The van der Waals surface area contributed by atoms with E-state index in [-0.39, 0.29) is 11.6 Å². The molecule has 2 fully saturated rings. The molecule has 0 radical (unpaired) electrons. The molecule has 5 rings (SSSR count). The van der Waals surface area contributed by atoms with Crippen LogP contribution in [-0.2, 0) is 21.8 Å². The molecule has 3 aromatic heterocycles. The average molecular weight is 531 g/mol. The van der Waals surface area contributed by atoms with Crippen LogP contribution in [0.2, 0.25) is 0 Å². The Morgan fingerprint density at radius 2 is 1.89 bits per heavy atom. The minimum absolute atomic E-state index is 0.109. The van der Waals surface area contributed by atoms with Gasteiger partial charge in [0.2, 0.25) is 15.9 Å². The minimum Gasteiger partial charge on any atom is -0.477 e. The van der Waals surface area contributed by atoms with Crippen molar-refractivity contribution >= 4 is 21.0 Å². The summed E-state index contributed by atoms with van der Waals surface area (Å²) in [5.41, 5.74) is 2.04. The number of aromatic nitrogens is 2. The molecule has 0 saturated carbocycles. The molecular weight excluding hydrogens is 496 g/mol. The van der Waals surface area contributed by atoms with E-state index in [1.54, 1.807) is 24.0 Å². The van der Waals surface area contributed by atoms with Gasteiger partial charge < -0.3 is 18.5 Å². The quantitative estimate of drug-likeness (QED) is 0.459. The van der Waals surface area contributed by atoms with E-state index in [9.17, 15) is 13.2 Å². The van der Waals surface area contributed by atoms with Gasteiger partial charge in [0.05, 0.1) is 24.3 Å². The number of hydrogen-bond acceptors (Lipinski definition) is 8. The van der Waals surface area contributed by atoms with Crippen LogP contribution in [0.5, 0.6) is 5.88 Å². The molecular formula is C26H34N4O6S. The largest absolute Gasteiger partial charge is 0.477 e. The molecule has 0 bridgehead atoms. The van der Waals surface area contributed by atoms with E-state index < -0.39 is 10.0 Å². The minimum atomic E-state index is -3.20. The molecule has 11 heteroatoms. The van der Waals surface area contributed by atoms with Gasteiger partial charge in [-0.05, 0) is 43.4 Å². The van der Waals surface area contributed by atoms with E-state index in [1.807, 2.05) is 25.1 Å². The number of piperazine rings is 1. The van der Waals surface area contributed by atoms with Crippen LogP contribution in [0.4, 0.5) is 0 Å². The fourth-order valence-electron chi connectivity index (χ4n) is 5.06. The molecule has 1 atom stereocenters. The first-order valence-corrected chi connectivity index (χ1v) is 14.5. The number of rotatable bonds is 7. The summed E-state index contributed by atoms with van der Waals surface area (Å²) in [5, 5.41) is 0.512. The van der Waals surface area contributed by atoms with Gasteiger partial charge in [0.25, 0.3) is 5.56 Å². The number of furan rings is 1. The van der Waals surface area contributed by atoms with Crippen LogP contribution >= 0.6 is 0 Å². The molecule has 5 heterocycles. The summed E-state index contributed by atoms with van der Waals surface area (Å²) in [4.78, 5) is 19.6. The van der Waals surface area contributed by atoms with Gasteiger partial charge in [-0.3, -0.25) is 9.69 Å². The Hall–Kier alpha value is -2.73. The van der Waals surface area contributed by atoms with E-state index in [0.717, 1.165) is 37.2 Å². The van der Waals surface area contributed by atoms with Crippen LogP contribution < -0.4 is 10.3 Å². The first-order chi connectivity index (χ1) is 17.7. The number of fused-ring (bicyclic) bond motifs is 1. The third-order valence-corrected chi connectivity index (χ3v) is 8.73. The van der Waals surface area contributed by atoms with Gasteiger partial charge in [-0.25, -0.2) is 13.4 Å². The zero-order valence-electron chi connectivity index (χ0n) is 21.6. The summed E-state index contributed by atoms with van der Waals surface area (Å²) in [5.74, 6) is 1.67. The van der Waals surface area contributed by atoms with E-state index in [4.69, 9.17) is 13.9 Å². The molecule has 2 aliphatic rings. The van der Waals surface area contributed by atoms with Crippen molar-refractivity contribution in [2.75, 3.05) is 52.3 Å². The zero-order chi connectivity index (χ0) is 26.2. The van der Waals surface area contributed by atoms with Crippen LogP contribution in [0, 0.1) is 5.92 Å². The van der Waals surface area contributed by atoms with E-state index >= 15 is 0 Å². The van der Waals surface area contributed by atoms with Crippen molar-refractivity contribution in [1.82, 2.24) is 18.8 Å². The van der Waals surface area contributed by atoms with Gasteiger partial charge in [0.15, 0.2) is 0 Å². The first-order valence-electron chi connectivity index (χ1n) is 12.7. The van der Waals surface area contributed by atoms with Gasteiger partial charge in [0, 0.05) is 70.5 Å². The lowest BCUT2D eigenvalue weighted by Crippen LogP contribution is -2.48. The fourth-order valence-corrected chi connectivity index (χ4v) is 5.88. The van der Waals surface area contributed by atoms with Crippen molar-refractivity contribution in [3.05, 3.63) is 46.7 Å². The van der Waals surface area contributed by atoms with Crippen molar-refractivity contribution in [3.63, 3.8) is 0 Å². The lowest BCUT2D eigenvalue weighted by atomic mass is 10.0. The molecule has 0 aromatic carbocycles. The molecule has 2 aliphatic heterocycles. The van der Waals surface area contributed by atoms with Crippen molar-refractivity contribution in [2.45, 2.75) is 25.8 Å². The highest BCUT2D eigenvalue weighted by Gasteiger charge is 2.28. The molecule has 200 valence electrons. The smallest absolute Gasteiger partial charge is 0.261 e. The molecule has 0 spiro atoms. The summed E-state index contributed by atoms with van der Waals surface area (Å²) in [6.07, 6.45) is 6.70. The zero-order valence-corrected chi connectivity index (χ0v) is 22.4. The Morgan fingerprint density at radius 1 is 1.16 bits per heavy atom. The van der Waals surface area contributed by atoms with Gasteiger partial charge in [-0.15, -0.1) is 0 Å². The Labute approximate surface area is 216 Å². The Bertz CT molecular complexity index is 1420. The van der Waals surface area contributed by atoms with Gasteiger partial charge >= 0.3 is 0 Å². The Kier molecular flexibility index (Phi) is 7.39. The first kappa shape index (κ1) is 25.9. The molecule has 0 aliphatic carbocycles. The van der Waals surface area contributed by atoms with Crippen LogP contribution in [0.15, 0.2) is 39.8 Å². The van der Waals surface area contributed by atoms with Crippen LogP contribution in [0.3, 0.4) is 0 Å². The van der Waals surface area contributed by atoms with E-state index in [1.165, 1.54) is 10.6 Å². The number of nitrogens with zero attached hydrogens (tertiary/aromatic N) is 4. The Balaban J connectivity index is 1.40.